The molecule has 1 aliphatic heterocycles. The quantitative estimate of drug-likeness (QED) is 0.794. The summed E-state index contributed by atoms with van der Waals surface area (Å²) in [7, 11) is 0. The van der Waals surface area contributed by atoms with Crippen molar-refractivity contribution < 1.29 is 9.53 Å². The van der Waals surface area contributed by atoms with Crippen LogP contribution in [0.3, 0.4) is 0 Å². The normalized spacial score (nSPS) is 15.1. The summed E-state index contributed by atoms with van der Waals surface area (Å²) >= 11 is 0. The number of benzene rings is 1. The molecule has 0 radical (unpaired) electrons. The Hall–Kier alpha value is -1.51. The molecule has 1 heterocycles. The summed E-state index contributed by atoms with van der Waals surface area (Å²) in [6, 6.07) is 5.71. The fourth-order valence-corrected chi connectivity index (χ4v) is 1.77. The maximum Gasteiger partial charge on any atom is 0.338 e. The molecule has 86 valence electrons. The van der Waals surface area contributed by atoms with Gasteiger partial charge in [0.05, 0.1) is 11.7 Å². The number of rotatable bonds is 3. The highest BCUT2D eigenvalue weighted by molar-refractivity contribution is 5.90. The summed E-state index contributed by atoms with van der Waals surface area (Å²) in [4.78, 5) is 11.8. The largest absolute Gasteiger partial charge is 0.459 e. The molecule has 0 amide bonds. The van der Waals surface area contributed by atoms with Gasteiger partial charge in [0.2, 0.25) is 0 Å². The average molecular weight is 219 g/mol. The molecule has 0 aliphatic carbocycles. The van der Waals surface area contributed by atoms with Crippen LogP contribution in [0.5, 0.6) is 0 Å². The van der Waals surface area contributed by atoms with Crippen molar-refractivity contribution in [3.8, 4) is 0 Å². The first-order valence-corrected chi connectivity index (χ1v) is 5.78. The summed E-state index contributed by atoms with van der Waals surface area (Å²) in [6.45, 7) is 4.87. The van der Waals surface area contributed by atoms with E-state index in [1.807, 2.05) is 32.0 Å². The van der Waals surface area contributed by atoms with E-state index >= 15 is 0 Å². The van der Waals surface area contributed by atoms with Crippen LogP contribution in [0.25, 0.3) is 0 Å². The lowest BCUT2D eigenvalue weighted by molar-refractivity contribution is 0.0334. The van der Waals surface area contributed by atoms with Crippen molar-refractivity contribution in [2.24, 2.45) is 0 Å². The number of esters is 1. The maximum atomic E-state index is 11.8. The van der Waals surface area contributed by atoms with Gasteiger partial charge < -0.3 is 10.1 Å². The SMILES string of the molecule is CCC(C)OC(=O)c1ccc2c(c1)CCN2. The lowest BCUT2D eigenvalue weighted by atomic mass is 10.1. The minimum absolute atomic E-state index is 0.0149. The van der Waals surface area contributed by atoms with E-state index in [9.17, 15) is 4.79 Å². The van der Waals surface area contributed by atoms with Gasteiger partial charge in [0.1, 0.15) is 0 Å². The number of fused-ring (bicyclic) bond motifs is 1. The fraction of sp³-hybridized carbons (Fsp3) is 0.462. The molecule has 3 nitrogen and oxygen atoms in total. The lowest BCUT2D eigenvalue weighted by Crippen LogP contribution is -2.14. The minimum atomic E-state index is -0.218. The van der Waals surface area contributed by atoms with E-state index in [-0.39, 0.29) is 12.1 Å². The highest BCUT2D eigenvalue weighted by Gasteiger charge is 2.15. The van der Waals surface area contributed by atoms with Crippen LogP contribution < -0.4 is 5.32 Å². The van der Waals surface area contributed by atoms with Gasteiger partial charge in [0.25, 0.3) is 0 Å². The van der Waals surface area contributed by atoms with Crippen molar-refractivity contribution in [3.05, 3.63) is 29.3 Å². The highest BCUT2D eigenvalue weighted by Crippen LogP contribution is 2.23. The zero-order valence-electron chi connectivity index (χ0n) is 9.75. The molecular weight excluding hydrogens is 202 g/mol. The predicted molar refractivity (Wildman–Crippen MR) is 63.8 cm³/mol. The van der Waals surface area contributed by atoms with Gasteiger partial charge in [-0.05, 0) is 43.5 Å². The van der Waals surface area contributed by atoms with Crippen LogP contribution in [0.2, 0.25) is 0 Å². The van der Waals surface area contributed by atoms with Crippen LogP contribution in [0.15, 0.2) is 18.2 Å². The first-order valence-electron chi connectivity index (χ1n) is 5.78. The van der Waals surface area contributed by atoms with Gasteiger partial charge in [0.15, 0.2) is 0 Å². The predicted octanol–water partition coefficient (Wildman–Crippen LogP) is 2.61. The Morgan fingerprint density at radius 1 is 1.56 bits per heavy atom. The number of hydrogen-bond donors (Lipinski definition) is 1. The van der Waals surface area contributed by atoms with Crippen molar-refractivity contribution in [2.45, 2.75) is 32.8 Å². The molecule has 0 spiro atoms. The van der Waals surface area contributed by atoms with E-state index in [1.54, 1.807) is 0 Å². The summed E-state index contributed by atoms with van der Waals surface area (Å²) in [6.07, 6.45) is 1.82. The third-order valence-corrected chi connectivity index (χ3v) is 2.93. The summed E-state index contributed by atoms with van der Waals surface area (Å²) in [5, 5.41) is 3.27. The summed E-state index contributed by atoms with van der Waals surface area (Å²) < 4.78 is 5.29. The van der Waals surface area contributed by atoms with Crippen LogP contribution in [0.4, 0.5) is 5.69 Å². The molecule has 0 saturated heterocycles. The molecule has 2 rings (SSSR count). The van der Waals surface area contributed by atoms with E-state index in [2.05, 4.69) is 5.32 Å². The van der Waals surface area contributed by atoms with Gasteiger partial charge >= 0.3 is 5.97 Å². The fourth-order valence-electron chi connectivity index (χ4n) is 1.77. The van der Waals surface area contributed by atoms with E-state index in [0.717, 1.165) is 25.1 Å². The standard InChI is InChI=1S/C13H17NO2/c1-3-9(2)16-13(15)11-4-5-12-10(8-11)6-7-14-12/h4-5,8-9,14H,3,6-7H2,1-2H3. The molecule has 3 heteroatoms. The average Bonchev–Trinajstić information content (AvgIpc) is 2.75. The van der Waals surface area contributed by atoms with Crippen LogP contribution in [-0.4, -0.2) is 18.6 Å². The van der Waals surface area contributed by atoms with E-state index in [1.165, 1.54) is 5.56 Å². The van der Waals surface area contributed by atoms with Crippen LogP contribution >= 0.6 is 0 Å². The van der Waals surface area contributed by atoms with Gasteiger partial charge in [-0.2, -0.15) is 0 Å². The van der Waals surface area contributed by atoms with Crippen molar-refractivity contribution >= 4 is 11.7 Å². The van der Waals surface area contributed by atoms with Crippen LogP contribution in [-0.2, 0) is 11.2 Å². The summed E-state index contributed by atoms with van der Waals surface area (Å²) in [5.74, 6) is -0.218. The number of hydrogen-bond acceptors (Lipinski definition) is 3. The summed E-state index contributed by atoms with van der Waals surface area (Å²) in [5.41, 5.74) is 3.00. The molecule has 1 aromatic carbocycles. The van der Waals surface area contributed by atoms with Crippen LogP contribution in [0, 0.1) is 0 Å². The Morgan fingerprint density at radius 2 is 2.38 bits per heavy atom. The van der Waals surface area contributed by atoms with Gasteiger partial charge in [0, 0.05) is 12.2 Å². The van der Waals surface area contributed by atoms with Gasteiger partial charge in [-0.1, -0.05) is 6.92 Å². The topological polar surface area (TPSA) is 38.3 Å². The molecule has 1 atom stereocenters. The van der Waals surface area contributed by atoms with Gasteiger partial charge in [-0.25, -0.2) is 4.79 Å². The number of carbonyl (C=O) groups is 1. The third kappa shape index (κ3) is 2.18. The van der Waals surface area contributed by atoms with E-state index in [4.69, 9.17) is 4.74 Å². The second kappa shape index (κ2) is 4.56. The Morgan fingerprint density at radius 3 is 3.12 bits per heavy atom. The molecule has 0 saturated carbocycles. The van der Waals surface area contributed by atoms with E-state index in [0.29, 0.717) is 5.56 Å². The molecule has 16 heavy (non-hydrogen) atoms. The second-order valence-electron chi connectivity index (χ2n) is 4.17. The number of carbonyl (C=O) groups excluding carboxylic acids is 1. The highest BCUT2D eigenvalue weighted by atomic mass is 16.5. The minimum Gasteiger partial charge on any atom is -0.459 e. The molecule has 1 aliphatic rings. The molecule has 0 bridgehead atoms. The second-order valence-corrected chi connectivity index (χ2v) is 4.17. The Bertz CT molecular complexity index is 401. The Labute approximate surface area is 95.8 Å². The molecule has 1 N–H and O–H groups in total. The van der Waals surface area contributed by atoms with Crippen molar-refractivity contribution in [1.82, 2.24) is 0 Å². The first-order chi connectivity index (χ1) is 7.70. The Kier molecular flexibility index (Phi) is 3.13. The molecular formula is C13H17NO2. The Balaban J connectivity index is 2.12. The monoisotopic (exact) mass is 219 g/mol. The third-order valence-electron chi connectivity index (χ3n) is 2.93. The number of ether oxygens (including phenoxy) is 1. The zero-order chi connectivity index (χ0) is 11.5. The van der Waals surface area contributed by atoms with Crippen molar-refractivity contribution in [3.63, 3.8) is 0 Å². The van der Waals surface area contributed by atoms with E-state index < -0.39 is 0 Å². The van der Waals surface area contributed by atoms with Crippen molar-refractivity contribution in [2.75, 3.05) is 11.9 Å². The van der Waals surface area contributed by atoms with Gasteiger partial charge in [-0.3, -0.25) is 0 Å². The molecule has 1 unspecified atom stereocenters. The first kappa shape index (κ1) is 11.0. The molecule has 0 aromatic heterocycles. The lowest BCUT2D eigenvalue weighted by Gasteiger charge is -2.11. The maximum absolute atomic E-state index is 11.8. The number of nitrogens with one attached hydrogen (secondary N) is 1. The smallest absolute Gasteiger partial charge is 0.338 e. The molecule has 1 aromatic rings. The van der Waals surface area contributed by atoms with Crippen LogP contribution in [0.1, 0.15) is 36.2 Å². The van der Waals surface area contributed by atoms with Crippen molar-refractivity contribution in [1.29, 1.82) is 0 Å². The van der Waals surface area contributed by atoms with Gasteiger partial charge in [-0.15, -0.1) is 0 Å². The zero-order valence-corrected chi connectivity index (χ0v) is 9.75. The molecule has 0 fully saturated rings. The number of anilines is 1.